The number of rotatable bonds is 0. The molecule has 104 valence electrons. The van der Waals surface area contributed by atoms with Crippen LogP contribution < -0.4 is 10.6 Å². The highest BCUT2D eigenvalue weighted by atomic mass is 16.5. The van der Waals surface area contributed by atoms with Gasteiger partial charge in [0.1, 0.15) is 0 Å². The molecule has 2 spiro atoms. The molecule has 4 aliphatic heterocycles. The first-order chi connectivity index (χ1) is 8.83. The predicted octanol–water partition coefficient (Wildman–Crippen LogP) is 0.915. The fourth-order valence-corrected chi connectivity index (χ4v) is 3.33. The lowest BCUT2D eigenvalue weighted by molar-refractivity contribution is -0.155. The van der Waals surface area contributed by atoms with Gasteiger partial charge in [-0.15, -0.1) is 0 Å². The van der Waals surface area contributed by atoms with Gasteiger partial charge in [0.2, 0.25) is 0 Å². The van der Waals surface area contributed by atoms with E-state index in [4.69, 9.17) is 9.47 Å². The van der Waals surface area contributed by atoms with Crippen molar-refractivity contribution in [3.8, 4) is 0 Å². The van der Waals surface area contributed by atoms with Gasteiger partial charge in [0.25, 0.3) is 0 Å². The Morgan fingerprint density at radius 1 is 0.833 bits per heavy atom. The zero-order chi connectivity index (χ0) is 12.3. The van der Waals surface area contributed by atoms with Crippen molar-refractivity contribution < 1.29 is 9.47 Å². The van der Waals surface area contributed by atoms with E-state index in [9.17, 15) is 0 Å². The van der Waals surface area contributed by atoms with E-state index >= 15 is 0 Å². The van der Waals surface area contributed by atoms with Gasteiger partial charge in [0.15, 0.2) is 0 Å². The molecular weight excluding hydrogens is 228 g/mol. The lowest BCUT2D eigenvalue weighted by Crippen LogP contribution is -2.54. The molecule has 0 saturated carbocycles. The number of hydrogen-bond acceptors (Lipinski definition) is 4. The Hall–Kier alpha value is -0.160. The van der Waals surface area contributed by atoms with Crippen molar-refractivity contribution in [2.24, 2.45) is 5.41 Å². The van der Waals surface area contributed by atoms with Crippen LogP contribution in [-0.4, -0.2) is 51.6 Å². The van der Waals surface area contributed by atoms with Gasteiger partial charge in [-0.1, -0.05) is 0 Å². The summed E-state index contributed by atoms with van der Waals surface area (Å²) in [5.74, 6) is 0. The minimum Gasteiger partial charge on any atom is -0.380 e. The Labute approximate surface area is 110 Å². The van der Waals surface area contributed by atoms with E-state index in [2.05, 4.69) is 10.6 Å². The van der Waals surface area contributed by atoms with Crippen molar-refractivity contribution in [3.05, 3.63) is 0 Å². The van der Waals surface area contributed by atoms with Crippen LogP contribution in [0, 0.1) is 5.41 Å². The van der Waals surface area contributed by atoms with Crippen molar-refractivity contribution >= 4 is 0 Å². The number of nitrogens with one attached hydrogen (secondary N) is 2. The van der Waals surface area contributed by atoms with Crippen molar-refractivity contribution in [1.82, 2.24) is 10.6 Å². The fraction of sp³-hybridized carbons (Fsp3) is 1.00. The highest BCUT2D eigenvalue weighted by molar-refractivity contribution is 4.92. The second-order valence-electron chi connectivity index (χ2n) is 6.33. The standard InChI is InChI=1S/2C7H13NO/c1-2-7(3-5-9-7)6-8-4-1;1-2-7(4-8-3-1)5-9-6-7/h2*8H,1-6H2. The molecule has 0 radical (unpaired) electrons. The second-order valence-corrected chi connectivity index (χ2v) is 6.33. The molecule has 4 saturated heterocycles. The summed E-state index contributed by atoms with van der Waals surface area (Å²) in [5, 5.41) is 6.75. The smallest absolute Gasteiger partial charge is 0.0828 e. The Morgan fingerprint density at radius 3 is 1.83 bits per heavy atom. The lowest BCUT2D eigenvalue weighted by atomic mass is 9.79. The largest absolute Gasteiger partial charge is 0.380 e. The third-order valence-corrected chi connectivity index (χ3v) is 4.78. The van der Waals surface area contributed by atoms with Crippen LogP contribution in [-0.2, 0) is 9.47 Å². The first-order valence-corrected chi connectivity index (χ1v) is 7.46. The summed E-state index contributed by atoms with van der Waals surface area (Å²) >= 11 is 0. The zero-order valence-electron chi connectivity index (χ0n) is 11.3. The molecule has 4 nitrogen and oxygen atoms in total. The van der Waals surface area contributed by atoms with E-state index in [1.165, 1.54) is 51.7 Å². The van der Waals surface area contributed by atoms with Crippen LogP contribution in [0.4, 0.5) is 0 Å². The number of hydrogen-bond donors (Lipinski definition) is 2. The maximum Gasteiger partial charge on any atom is 0.0828 e. The Balaban J connectivity index is 0.000000111. The van der Waals surface area contributed by atoms with Crippen LogP contribution in [0.5, 0.6) is 0 Å². The van der Waals surface area contributed by atoms with Crippen molar-refractivity contribution in [3.63, 3.8) is 0 Å². The molecule has 4 rings (SSSR count). The highest BCUT2D eigenvalue weighted by Gasteiger charge is 2.39. The molecule has 1 unspecified atom stereocenters. The maximum atomic E-state index is 5.50. The number of ether oxygens (including phenoxy) is 2. The molecule has 0 aromatic heterocycles. The van der Waals surface area contributed by atoms with Gasteiger partial charge in [-0.05, 0) is 38.8 Å². The third-order valence-electron chi connectivity index (χ3n) is 4.78. The quantitative estimate of drug-likeness (QED) is 0.674. The average Bonchev–Trinajstić information content (AvgIpc) is 2.38. The summed E-state index contributed by atoms with van der Waals surface area (Å²) in [6.45, 7) is 7.66. The Bertz CT molecular complexity index is 231. The van der Waals surface area contributed by atoms with Crippen LogP contribution in [0.15, 0.2) is 0 Å². The molecule has 2 N–H and O–H groups in total. The summed E-state index contributed by atoms with van der Waals surface area (Å²) in [6.07, 6.45) is 6.56. The average molecular weight is 254 g/mol. The summed E-state index contributed by atoms with van der Waals surface area (Å²) in [7, 11) is 0. The van der Waals surface area contributed by atoms with Crippen molar-refractivity contribution in [2.75, 3.05) is 46.0 Å². The van der Waals surface area contributed by atoms with E-state index in [1.54, 1.807) is 0 Å². The molecule has 1 atom stereocenters. The molecular formula is C14H26N2O2. The maximum absolute atomic E-state index is 5.50. The highest BCUT2D eigenvalue weighted by Crippen LogP contribution is 2.33. The van der Waals surface area contributed by atoms with Gasteiger partial charge in [0.05, 0.1) is 25.4 Å². The van der Waals surface area contributed by atoms with Gasteiger partial charge >= 0.3 is 0 Å². The minimum atomic E-state index is 0.290. The second kappa shape index (κ2) is 5.45. The summed E-state index contributed by atoms with van der Waals surface area (Å²) < 4.78 is 10.7. The van der Waals surface area contributed by atoms with Crippen molar-refractivity contribution in [1.29, 1.82) is 0 Å². The third kappa shape index (κ3) is 2.72. The molecule has 18 heavy (non-hydrogen) atoms. The molecule has 4 aliphatic rings. The fourth-order valence-electron chi connectivity index (χ4n) is 3.33. The van der Waals surface area contributed by atoms with Crippen LogP contribution in [0.25, 0.3) is 0 Å². The number of piperidine rings is 2. The lowest BCUT2D eigenvalue weighted by Gasteiger charge is -2.44. The first-order valence-electron chi connectivity index (χ1n) is 7.46. The van der Waals surface area contributed by atoms with Crippen molar-refractivity contribution in [2.45, 2.75) is 37.7 Å². The summed E-state index contributed by atoms with van der Waals surface area (Å²) in [4.78, 5) is 0. The van der Waals surface area contributed by atoms with Gasteiger partial charge in [-0.25, -0.2) is 0 Å². The molecule has 0 aromatic carbocycles. The molecule has 0 amide bonds. The van der Waals surface area contributed by atoms with Crippen LogP contribution in [0.3, 0.4) is 0 Å². The van der Waals surface area contributed by atoms with E-state index in [1.807, 2.05) is 0 Å². The van der Waals surface area contributed by atoms with E-state index < -0.39 is 0 Å². The van der Waals surface area contributed by atoms with Gasteiger partial charge in [0, 0.05) is 24.9 Å². The van der Waals surface area contributed by atoms with Gasteiger partial charge in [-0.2, -0.15) is 0 Å². The Morgan fingerprint density at radius 2 is 1.56 bits per heavy atom. The zero-order valence-corrected chi connectivity index (χ0v) is 11.3. The topological polar surface area (TPSA) is 42.5 Å². The monoisotopic (exact) mass is 254 g/mol. The van der Waals surface area contributed by atoms with Crippen LogP contribution in [0.2, 0.25) is 0 Å². The molecule has 4 heteroatoms. The predicted molar refractivity (Wildman–Crippen MR) is 70.8 cm³/mol. The SMILES string of the molecule is C1CNCC2(C1)CCO2.C1CNCC2(C1)COC2. The molecule has 0 aromatic rings. The minimum absolute atomic E-state index is 0.290. The molecule has 0 bridgehead atoms. The van der Waals surface area contributed by atoms with E-state index in [0.29, 0.717) is 5.41 Å². The van der Waals surface area contributed by atoms with E-state index in [-0.39, 0.29) is 5.60 Å². The normalized spacial score (nSPS) is 37.3. The molecule has 0 aliphatic carbocycles. The Kier molecular flexibility index (Phi) is 3.89. The molecule has 4 heterocycles. The van der Waals surface area contributed by atoms with Gasteiger partial charge < -0.3 is 20.1 Å². The van der Waals surface area contributed by atoms with E-state index in [0.717, 1.165) is 26.4 Å². The van der Waals surface area contributed by atoms with Gasteiger partial charge in [-0.3, -0.25) is 0 Å². The van der Waals surface area contributed by atoms with Crippen LogP contribution in [0.1, 0.15) is 32.1 Å². The summed E-state index contributed by atoms with van der Waals surface area (Å²) in [5.41, 5.74) is 0.858. The first kappa shape index (κ1) is 12.9. The molecule has 4 fully saturated rings. The van der Waals surface area contributed by atoms with Crippen LogP contribution >= 0.6 is 0 Å². The summed E-state index contributed by atoms with van der Waals surface area (Å²) in [6, 6.07) is 0.